The van der Waals surface area contributed by atoms with Gasteiger partial charge in [0.05, 0.1) is 0 Å². The van der Waals surface area contributed by atoms with E-state index in [2.05, 4.69) is 17.4 Å². The fraction of sp³-hybridized carbons (Fsp3) is 0.375. The number of rotatable bonds is 8. The number of phenolic OH excluding ortho intramolecular Hbond substituents is 1. The first-order valence-electron chi connectivity index (χ1n) is 10.3. The van der Waals surface area contributed by atoms with Crippen molar-refractivity contribution in [3.8, 4) is 5.75 Å². The summed E-state index contributed by atoms with van der Waals surface area (Å²) < 4.78 is 10.4. The number of amides is 1. The predicted molar refractivity (Wildman–Crippen MR) is 120 cm³/mol. The highest BCUT2D eigenvalue weighted by atomic mass is 32.2. The van der Waals surface area contributed by atoms with Crippen LogP contribution in [0.25, 0.3) is 0 Å². The minimum absolute atomic E-state index is 0.0915. The summed E-state index contributed by atoms with van der Waals surface area (Å²) in [7, 11) is 0. The van der Waals surface area contributed by atoms with Gasteiger partial charge in [-0.3, -0.25) is 14.4 Å². The van der Waals surface area contributed by atoms with E-state index in [0.717, 1.165) is 27.3 Å². The number of aryl methyl sites for hydroxylation is 1. The van der Waals surface area contributed by atoms with E-state index >= 15 is 0 Å². The number of esters is 2. The quantitative estimate of drug-likeness (QED) is 0.500. The second-order valence-electron chi connectivity index (χ2n) is 8.03. The molecule has 0 fully saturated rings. The van der Waals surface area contributed by atoms with Crippen LogP contribution in [0.3, 0.4) is 0 Å². The Balaban J connectivity index is 1.78. The number of hydrogen-bond acceptors (Lipinski definition) is 7. The average molecular weight is 458 g/mol. The van der Waals surface area contributed by atoms with Gasteiger partial charge in [0.1, 0.15) is 24.5 Å². The Kier molecular flexibility index (Phi) is 7.45. The first-order valence-corrected chi connectivity index (χ1v) is 11.1. The highest BCUT2D eigenvalue weighted by Crippen LogP contribution is 2.41. The molecule has 1 aliphatic heterocycles. The lowest BCUT2D eigenvalue weighted by molar-refractivity contribution is -0.150. The number of phenols is 1. The van der Waals surface area contributed by atoms with E-state index in [9.17, 15) is 19.5 Å². The molecule has 0 saturated heterocycles. The van der Waals surface area contributed by atoms with Gasteiger partial charge in [-0.1, -0.05) is 23.9 Å². The molecule has 0 aromatic heterocycles. The molecule has 1 amide bonds. The van der Waals surface area contributed by atoms with E-state index in [-0.39, 0.29) is 24.9 Å². The van der Waals surface area contributed by atoms with Gasteiger partial charge in [0, 0.05) is 30.6 Å². The Labute approximate surface area is 191 Å². The van der Waals surface area contributed by atoms with Crippen molar-refractivity contribution in [3.05, 3.63) is 53.1 Å². The topological polar surface area (TPSA) is 102 Å². The van der Waals surface area contributed by atoms with Crippen LogP contribution < -0.4 is 5.32 Å². The van der Waals surface area contributed by atoms with Crippen molar-refractivity contribution in [2.24, 2.45) is 0 Å². The number of carbonyl (C=O) groups excluding carboxylic acids is 3. The van der Waals surface area contributed by atoms with Gasteiger partial charge in [0.25, 0.3) is 0 Å². The van der Waals surface area contributed by atoms with Crippen molar-refractivity contribution in [1.82, 2.24) is 5.32 Å². The highest BCUT2D eigenvalue weighted by molar-refractivity contribution is 7.99. The molecule has 0 bridgehead atoms. The van der Waals surface area contributed by atoms with Crippen LogP contribution in [0.2, 0.25) is 0 Å². The largest absolute Gasteiger partial charge is 0.508 e. The molecule has 0 radical (unpaired) electrons. The second kappa shape index (κ2) is 10.1. The molecule has 2 aromatic carbocycles. The first kappa shape index (κ1) is 23.7. The molecule has 2 N–H and O–H groups in total. The van der Waals surface area contributed by atoms with Gasteiger partial charge in [-0.05, 0) is 60.2 Å². The van der Waals surface area contributed by atoms with Gasteiger partial charge in [0.15, 0.2) is 0 Å². The number of fused-ring (bicyclic) bond motifs is 2. The van der Waals surface area contributed by atoms with Gasteiger partial charge in [-0.2, -0.15) is 0 Å². The molecule has 3 rings (SSSR count). The molecule has 32 heavy (non-hydrogen) atoms. The number of benzene rings is 2. The number of hydrogen-bond donors (Lipinski definition) is 2. The Hall–Kier alpha value is -3.00. The molecule has 7 nitrogen and oxygen atoms in total. The van der Waals surface area contributed by atoms with E-state index in [0.29, 0.717) is 12.8 Å². The SMILES string of the molecule is CC(=O)NC(CCc1ccc2c(c1)Sc1ccc(O)cc1C2)(COC(C)=O)COC(C)=O. The molecule has 0 aliphatic carbocycles. The number of aromatic hydroxyl groups is 1. The Morgan fingerprint density at radius 2 is 1.66 bits per heavy atom. The molecule has 2 aromatic rings. The molecule has 1 heterocycles. The van der Waals surface area contributed by atoms with E-state index < -0.39 is 17.5 Å². The fourth-order valence-electron chi connectivity index (χ4n) is 3.68. The zero-order chi connectivity index (χ0) is 23.3. The van der Waals surface area contributed by atoms with Gasteiger partial charge < -0.3 is 19.9 Å². The van der Waals surface area contributed by atoms with Gasteiger partial charge in [-0.25, -0.2) is 0 Å². The molecule has 1 aliphatic rings. The summed E-state index contributed by atoms with van der Waals surface area (Å²) in [6.07, 6.45) is 1.75. The summed E-state index contributed by atoms with van der Waals surface area (Å²) in [5.41, 5.74) is 2.32. The van der Waals surface area contributed by atoms with Crippen LogP contribution in [0.5, 0.6) is 5.75 Å². The maximum atomic E-state index is 11.9. The summed E-state index contributed by atoms with van der Waals surface area (Å²) in [6.45, 7) is 3.78. The maximum Gasteiger partial charge on any atom is 0.302 e. The Morgan fingerprint density at radius 3 is 2.28 bits per heavy atom. The lowest BCUT2D eigenvalue weighted by Gasteiger charge is -2.33. The van der Waals surface area contributed by atoms with E-state index in [1.54, 1.807) is 23.9 Å². The van der Waals surface area contributed by atoms with Crippen molar-refractivity contribution in [1.29, 1.82) is 0 Å². The first-order chi connectivity index (χ1) is 15.2. The minimum atomic E-state index is -1.02. The van der Waals surface area contributed by atoms with Crippen molar-refractivity contribution in [2.45, 2.75) is 55.4 Å². The van der Waals surface area contributed by atoms with Crippen molar-refractivity contribution in [3.63, 3.8) is 0 Å². The van der Waals surface area contributed by atoms with E-state index in [4.69, 9.17) is 9.47 Å². The molecule has 0 atom stereocenters. The fourth-order valence-corrected chi connectivity index (χ4v) is 4.80. The monoisotopic (exact) mass is 457 g/mol. The molecule has 0 spiro atoms. The summed E-state index contributed by atoms with van der Waals surface area (Å²) in [5.74, 6) is -0.987. The van der Waals surface area contributed by atoms with Gasteiger partial charge >= 0.3 is 11.9 Å². The number of ether oxygens (including phenoxy) is 2. The highest BCUT2D eigenvalue weighted by Gasteiger charge is 2.34. The summed E-state index contributed by atoms with van der Waals surface area (Å²) in [4.78, 5) is 37.0. The summed E-state index contributed by atoms with van der Waals surface area (Å²) in [5, 5.41) is 12.6. The standard InChI is InChI=1S/C24H27NO6S/c1-15(26)25-24(13-30-16(2)27,14-31-17(3)28)9-8-18-4-5-19-11-20-12-21(29)6-7-22(20)32-23(19)10-18/h4-7,10,12,29H,8-9,11,13-14H2,1-3H3,(H,25,26). The summed E-state index contributed by atoms with van der Waals surface area (Å²) >= 11 is 1.66. The van der Waals surface area contributed by atoms with Crippen LogP contribution in [0.15, 0.2) is 46.2 Å². The van der Waals surface area contributed by atoms with E-state index in [1.165, 1.54) is 26.3 Å². The maximum absolute atomic E-state index is 11.9. The summed E-state index contributed by atoms with van der Waals surface area (Å²) in [6, 6.07) is 11.6. The molecule has 0 unspecified atom stereocenters. The number of nitrogens with one attached hydrogen (secondary N) is 1. The van der Waals surface area contributed by atoms with Crippen LogP contribution in [0.4, 0.5) is 0 Å². The third kappa shape index (κ3) is 6.26. The molecule has 8 heteroatoms. The molecule has 170 valence electrons. The van der Waals surface area contributed by atoms with E-state index in [1.807, 2.05) is 12.1 Å². The van der Waals surface area contributed by atoms with Gasteiger partial charge in [0.2, 0.25) is 5.91 Å². The molecular weight excluding hydrogens is 430 g/mol. The van der Waals surface area contributed by atoms with Gasteiger partial charge in [-0.15, -0.1) is 0 Å². The second-order valence-corrected chi connectivity index (χ2v) is 9.12. The lowest BCUT2D eigenvalue weighted by atomic mass is 9.91. The lowest BCUT2D eigenvalue weighted by Crippen LogP contribution is -2.55. The third-order valence-electron chi connectivity index (χ3n) is 5.21. The normalized spacial score (nSPS) is 12.3. The van der Waals surface area contributed by atoms with Crippen LogP contribution in [-0.4, -0.2) is 41.7 Å². The van der Waals surface area contributed by atoms with Crippen molar-refractivity contribution >= 4 is 29.6 Å². The smallest absolute Gasteiger partial charge is 0.302 e. The van der Waals surface area contributed by atoms with Crippen LogP contribution >= 0.6 is 11.8 Å². The predicted octanol–water partition coefficient (Wildman–Crippen LogP) is 3.38. The van der Waals surface area contributed by atoms with Crippen molar-refractivity contribution < 1.29 is 29.0 Å². The van der Waals surface area contributed by atoms with Crippen LogP contribution in [0, 0.1) is 0 Å². The minimum Gasteiger partial charge on any atom is -0.508 e. The Morgan fingerprint density at radius 1 is 0.969 bits per heavy atom. The third-order valence-corrected chi connectivity index (χ3v) is 6.43. The Bertz CT molecular complexity index is 1020. The average Bonchev–Trinajstić information content (AvgIpc) is 2.72. The zero-order valence-electron chi connectivity index (χ0n) is 18.4. The van der Waals surface area contributed by atoms with Crippen LogP contribution in [-0.2, 0) is 36.7 Å². The molecular formula is C24H27NO6S. The molecule has 0 saturated carbocycles. The van der Waals surface area contributed by atoms with Crippen molar-refractivity contribution in [2.75, 3.05) is 13.2 Å². The van der Waals surface area contributed by atoms with Crippen LogP contribution in [0.1, 0.15) is 43.9 Å². The zero-order valence-corrected chi connectivity index (χ0v) is 19.2. The number of carbonyl (C=O) groups is 3.